The lowest BCUT2D eigenvalue weighted by Gasteiger charge is -2.18. The summed E-state index contributed by atoms with van der Waals surface area (Å²) in [7, 11) is 0. The van der Waals surface area contributed by atoms with Gasteiger partial charge in [-0.3, -0.25) is 14.5 Å². The van der Waals surface area contributed by atoms with Crippen LogP contribution in [0.5, 0.6) is 0 Å². The van der Waals surface area contributed by atoms with Gasteiger partial charge in [0.15, 0.2) is 6.54 Å². The Hall–Kier alpha value is -0.900. The van der Waals surface area contributed by atoms with Gasteiger partial charge in [-0.2, -0.15) is 0 Å². The van der Waals surface area contributed by atoms with E-state index in [1.54, 1.807) is 0 Å². The molecule has 4 nitrogen and oxygen atoms in total. The summed E-state index contributed by atoms with van der Waals surface area (Å²) in [5.74, 6) is -0.00671. The van der Waals surface area contributed by atoms with Crippen molar-refractivity contribution in [2.45, 2.75) is 26.7 Å². The van der Waals surface area contributed by atoms with E-state index in [1.807, 2.05) is 0 Å². The molecule has 0 radical (unpaired) electrons. The summed E-state index contributed by atoms with van der Waals surface area (Å²) in [4.78, 5) is 25.6. The van der Waals surface area contributed by atoms with Crippen LogP contribution in [0.2, 0.25) is 0 Å². The van der Waals surface area contributed by atoms with Crippen molar-refractivity contribution in [3.8, 4) is 0 Å². The molecule has 1 rings (SSSR count). The molecule has 2 amide bonds. The van der Waals surface area contributed by atoms with Crippen molar-refractivity contribution in [2.24, 2.45) is 0 Å². The maximum atomic E-state index is 11.7. The van der Waals surface area contributed by atoms with E-state index in [1.165, 1.54) is 9.80 Å². The molecule has 0 saturated carbocycles. The van der Waals surface area contributed by atoms with Crippen LogP contribution in [0.15, 0.2) is 0 Å². The molecule has 14 heavy (non-hydrogen) atoms. The molecule has 0 atom stereocenters. The molecular formula is C10H19N2O2+. The van der Waals surface area contributed by atoms with E-state index in [2.05, 4.69) is 13.8 Å². The minimum Gasteiger partial charge on any atom is -0.328 e. The summed E-state index contributed by atoms with van der Waals surface area (Å²) in [5, 5.41) is 0. The van der Waals surface area contributed by atoms with Crippen molar-refractivity contribution in [3.05, 3.63) is 0 Å². The number of likely N-dealkylation sites (tertiary alicyclic amines) is 1. The number of imide groups is 1. The number of rotatable bonds is 4. The quantitative estimate of drug-likeness (QED) is 0.635. The summed E-state index contributed by atoms with van der Waals surface area (Å²) < 4.78 is 0. The molecule has 1 saturated heterocycles. The maximum absolute atomic E-state index is 11.7. The van der Waals surface area contributed by atoms with Crippen molar-refractivity contribution in [2.75, 3.05) is 26.2 Å². The standard InChI is InChI=1S/C10H18N2O2/c1-3-11(4-2)8-10(14)12-7-5-6-9(12)13/h3-8H2,1-2H3/p+1. The second-order valence-corrected chi connectivity index (χ2v) is 3.68. The van der Waals surface area contributed by atoms with Crippen LogP contribution < -0.4 is 4.90 Å². The summed E-state index contributed by atoms with van der Waals surface area (Å²) >= 11 is 0. The fraction of sp³-hybridized carbons (Fsp3) is 0.800. The van der Waals surface area contributed by atoms with E-state index in [0.29, 0.717) is 19.5 Å². The Morgan fingerprint density at radius 1 is 1.43 bits per heavy atom. The SMILES string of the molecule is CC[NH+](CC)CC(=O)N1CCCC1=O. The zero-order chi connectivity index (χ0) is 10.6. The Morgan fingerprint density at radius 2 is 2.07 bits per heavy atom. The molecule has 0 aromatic carbocycles. The average Bonchev–Trinajstić information content (AvgIpc) is 2.60. The molecular weight excluding hydrogens is 180 g/mol. The number of nitrogens with zero attached hydrogens (tertiary/aromatic N) is 1. The Balaban J connectivity index is 2.44. The number of carbonyl (C=O) groups is 2. The predicted octanol–water partition coefficient (Wildman–Crippen LogP) is -0.940. The largest absolute Gasteiger partial charge is 0.328 e. The Labute approximate surface area is 84.9 Å². The number of carbonyl (C=O) groups excluding carboxylic acids is 2. The molecule has 0 spiro atoms. The molecule has 4 heteroatoms. The topological polar surface area (TPSA) is 41.8 Å². The molecule has 1 aliphatic rings. The number of quaternary nitrogens is 1. The molecule has 0 bridgehead atoms. The minimum absolute atomic E-state index is 0.00144. The first kappa shape index (κ1) is 11.2. The molecule has 1 heterocycles. The van der Waals surface area contributed by atoms with Crippen LogP contribution in [0.1, 0.15) is 26.7 Å². The normalized spacial score (nSPS) is 16.8. The third-order valence-corrected chi connectivity index (χ3v) is 2.78. The van der Waals surface area contributed by atoms with E-state index in [4.69, 9.17) is 0 Å². The number of hydrogen-bond acceptors (Lipinski definition) is 2. The predicted molar refractivity (Wildman–Crippen MR) is 52.9 cm³/mol. The summed E-state index contributed by atoms with van der Waals surface area (Å²) in [6, 6.07) is 0. The highest BCUT2D eigenvalue weighted by molar-refractivity contribution is 5.97. The Bertz CT molecular complexity index is 224. The van der Waals surface area contributed by atoms with Crippen molar-refractivity contribution in [1.82, 2.24) is 4.90 Å². The van der Waals surface area contributed by atoms with Gasteiger partial charge in [0, 0.05) is 13.0 Å². The van der Waals surface area contributed by atoms with E-state index in [-0.39, 0.29) is 11.8 Å². The van der Waals surface area contributed by atoms with Crippen molar-refractivity contribution < 1.29 is 14.5 Å². The smallest absolute Gasteiger partial charge is 0.284 e. The van der Waals surface area contributed by atoms with Crippen LogP contribution in [0.25, 0.3) is 0 Å². The van der Waals surface area contributed by atoms with Crippen LogP contribution >= 0.6 is 0 Å². The second-order valence-electron chi connectivity index (χ2n) is 3.68. The Morgan fingerprint density at radius 3 is 2.50 bits per heavy atom. The summed E-state index contributed by atoms with van der Waals surface area (Å²) in [5.41, 5.74) is 0. The van der Waals surface area contributed by atoms with Gasteiger partial charge in [0.25, 0.3) is 5.91 Å². The summed E-state index contributed by atoms with van der Waals surface area (Å²) in [6.07, 6.45) is 1.37. The minimum atomic E-state index is -0.00815. The van der Waals surface area contributed by atoms with Crippen LogP contribution in [0.3, 0.4) is 0 Å². The van der Waals surface area contributed by atoms with Gasteiger partial charge in [0.1, 0.15) is 0 Å². The average molecular weight is 199 g/mol. The van der Waals surface area contributed by atoms with Gasteiger partial charge < -0.3 is 4.90 Å². The lowest BCUT2D eigenvalue weighted by molar-refractivity contribution is -0.888. The first-order valence-electron chi connectivity index (χ1n) is 5.35. The second kappa shape index (κ2) is 5.10. The number of nitrogens with one attached hydrogen (secondary N) is 1. The molecule has 0 unspecified atom stereocenters. The molecule has 0 aromatic rings. The number of likely N-dealkylation sites (N-methyl/N-ethyl adjacent to an activating group) is 1. The fourth-order valence-electron chi connectivity index (χ4n) is 1.72. The van der Waals surface area contributed by atoms with Crippen LogP contribution in [-0.4, -0.2) is 42.9 Å². The van der Waals surface area contributed by atoms with Crippen molar-refractivity contribution >= 4 is 11.8 Å². The van der Waals surface area contributed by atoms with Gasteiger partial charge in [0.2, 0.25) is 5.91 Å². The lowest BCUT2D eigenvalue weighted by atomic mass is 10.4. The van der Waals surface area contributed by atoms with E-state index < -0.39 is 0 Å². The van der Waals surface area contributed by atoms with E-state index in [0.717, 1.165) is 19.5 Å². The molecule has 1 fully saturated rings. The third-order valence-electron chi connectivity index (χ3n) is 2.78. The van der Waals surface area contributed by atoms with Crippen molar-refractivity contribution in [1.29, 1.82) is 0 Å². The molecule has 1 N–H and O–H groups in total. The molecule has 80 valence electrons. The van der Waals surface area contributed by atoms with E-state index in [9.17, 15) is 9.59 Å². The maximum Gasteiger partial charge on any atom is 0.284 e. The van der Waals surface area contributed by atoms with Crippen molar-refractivity contribution in [3.63, 3.8) is 0 Å². The highest BCUT2D eigenvalue weighted by Gasteiger charge is 2.28. The number of amides is 2. The zero-order valence-electron chi connectivity index (χ0n) is 9.01. The highest BCUT2D eigenvalue weighted by atomic mass is 16.2. The van der Waals surface area contributed by atoms with Crippen LogP contribution in [0, 0.1) is 0 Å². The molecule has 0 aromatic heterocycles. The third kappa shape index (κ3) is 2.54. The van der Waals surface area contributed by atoms with E-state index >= 15 is 0 Å². The number of hydrogen-bond donors (Lipinski definition) is 1. The van der Waals surface area contributed by atoms with Gasteiger partial charge >= 0.3 is 0 Å². The monoisotopic (exact) mass is 199 g/mol. The Kier molecular flexibility index (Phi) is 4.07. The highest BCUT2D eigenvalue weighted by Crippen LogP contribution is 2.08. The van der Waals surface area contributed by atoms with Gasteiger partial charge in [-0.25, -0.2) is 0 Å². The molecule has 0 aliphatic carbocycles. The van der Waals surface area contributed by atoms with Crippen LogP contribution in [-0.2, 0) is 9.59 Å². The summed E-state index contributed by atoms with van der Waals surface area (Å²) in [6.45, 7) is 7.06. The van der Waals surface area contributed by atoms with Gasteiger partial charge in [0.05, 0.1) is 13.1 Å². The van der Waals surface area contributed by atoms with Gasteiger partial charge in [-0.15, -0.1) is 0 Å². The van der Waals surface area contributed by atoms with Crippen LogP contribution in [0.4, 0.5) is 0 Å². The lowest BCUT2D eigenvalue weighted by Crippen LogP contribution is -3.12. The fourth-order valence-corrected chi connectivity index (χ4v) is 1.72. The molecule has 1 aliphatic heterocycles. The van der Waals surface area contributed by atoms with Gasteiger partial charge in [-0.05, 0) is 20.3 Å². The first-order valence-corrected chi connectivity index (χ1v) is 5.35. The first-order chi connectivity index (χ1) is 6.69. The zero-order valence-corrected chi connectivity index (χ0v) is 9.01. The van der Waals surface area contributed by atoms with Gasteiger partial charge in [-0.1, -0.05) is 0 Å².